The molecular formula is C21H27NO5. The smallest absolute Gasteiger partial charge is 0.434 e. The van der Waals surface area contributed by atoms with Crippen molar-refractivity contribution in [3.8, 4) is 0 Å². The molecule has 1 fully saturated rings. The largest absolute Gasteiger partial charge is 0.513 e. The van der Waals surface area contributed by atoms with Crippen molar-refractivity contribution < 1.29 is 23.9 Å². The fourth-order valence-electron chi connectivity index (χ4n) is 4.04. The molecule has 3 rings (SSSR count). The van der Waals surface area contributed by atoms with E-state index in [1.165, 1.54) is 0 Å². The Hall–Kier alpha value is -2.18. The topological polar surface area (TPSA) is 65.1 Å². The zero-order chi connectivity index (χ0) is 19.6. The summed E-state index contributed by atoms with van der Waals surface area (Å²) < 4.78 is 10.7. The van der Waals surface area contributed by atoms with Gasteiger partial charge in [-0.25, -0.2) is 4.79 Å². The Balaban J connectivity index is 2.08. The Kier molecular flexibility index (Phi) is 5.67. The summed E-state index contributed by atoms with van der Waals surface area (Å²) in [5.41, 5.74) is 2.92. The monoisotopic (exact) mass is 373 g/mol. The number of allylic oxidation sites excluding steroid dienone is 2. The standard InChI is InChI=1S/C21H27NO5/c1-5-26-20(24)27-19-18(16-12-14(2)6-7-15(16)3)17(23)13-21(19)8-10-22(25-4)11-9-21/h6-7,12H,5,8-11,13H2,1-4H3. The summed E-state index contributed by atoms with van der Waals surface area (Å²) >= 11 is 0. The lowest BCUT2D eigenvalue weighted by Gasteiger charge is -2.38. The molecule has 0 amide bonds. The summed E-state index contributed by atoms with van der Waals surface area (Å²) in [5.74, 6) is 0.490. The van der Waals surface area contributed by atoms with E-state index < -0.39 is 11.6 Å². The molecule has 0 saturated carbocycles. The van der Waals surface area contributed by atoms with Gasteiger partial charge in [-0.3, -0.25) is 4.79 Å². The van der Waals surface area contributed by atoms with Gasteiger partial charge in [0.25, 0.3) is 0 Å². The number of hydroxylamine groups is 2. The van der Waals surface area contributed by atoms with Gasteiger partial charge in [-0.2, -0.15) is 5.06 Å². The average Bonchev–Trinajstić information content (AvgIpc) is 2.89. The van der Waals surface area contributed by atoms with Crippen molar-refractivity contribution in [3.63, 3.8) is 0 Å². The molecule has 1 aliphatic heterocycles. The summed E-state index contributed by atoms with van der Waals surface area (Å²) in [5, 5.41) is 1.87. The van der Waals surface area contributed by atoms with E-state index in [4.69, 9.17) is 14.3 Å². The Labute approximate surface area is 160 Å². The highest BCUT2D eigenvalue weighted by Gasteiger charge is 2.50. The van der Waals surface area contributed by atoms with Gasteiger partial charge in [0.15, 0.2) is 5.78 Å². The van der Waals surface area contributed by atoms with E-state index in [1.54, 1.807) is 14.0 Å². The van der Waals surface area contributed by atoms with Gasteiger partial charge in [0.05, 0.1) is 19.3 Å². The van der Waals surface area contributed by atoms with E-state index in [9.17, 15) is 9.59 Å². The van der Waals surface area contributed by atoms with Crippen molar-refractivity contribution in [3.05, 3.63) is 40.6 Å². The highest BCUT2D eigenvalue weighted by atomic mass is 16.7. The van der Waals surface area contributed by atoms with Crippen molar-refractivity contribution in [1.82, 2.24) is 5.06 Å². The Morgan fingerprint density at radius 1 is 1.22 bits per heavy atom. The van der Waals surface area contributed by atoms with Crippen LogP contribution in [-0.4, -0.2) is 43.8 Å². The molecular weight excluding hydrogens is 346 g/mol. The Morgan fingerprint density at radius 2 is 1.93 bits per heavy atom. The number of hydrogen-bond acceptors (Lipinski definition) is 6. The van der Waals surface area contributed by atoms with E-state index in [1.807, 2.05) is 37.1 Å². The zero-order valence-corrected chi connectivity index (χ0v) is 16.5. The lowest BCUT2D eigenvalue weighted by Crippen LogP contribution is -2.40. The van der Waals surface area contributed by atoms with E-state index in [0.29, 0.717) is 43.7 Å². The molecule has 2 aliphatic rings. The minimum atomic E-state index is -0.751. The van der Waals surface area contributed by atoms with Gasteiger partial charge >= 0.3 is 6.16 Å². The van der Waals surface area contributed by atoms with Gasteiger partial charge in [-0.1, -0.05) is 23.8 Å². The molecule has 6 heteroatoms. The van der Waals surface area contributed by atoms with Gasteiger partial charge in [-0.15, -0.1) is 0 Å². The number of piperidine rings is 1. The zero-order valence-electron chi connectivity index (χ0n) is 16.5. The minimum Gasteiger partial charge on any atom is -0.434 e. The van der Waals surface area contributed by atoms with Gasteiger partial charge in [0.2, 0.25) is 0 Å². The number of hydrogen-bond donors (Lipinski definition) is 0. The van der Waals surface area contributed by atoms with Crippen molar-refractivity contribution in [2.75, 3.05) is 26.8 Å². The van der Waals surface area contributed by atoms with Crippen molar-refractivity contribution in [1.29, 1.82) is 0 Å². The first-order valence-electron chi connectivity index (χ1n) is 9.39. The molecule has 1 heterocycles. The fraction of sp³-hybridized carbons (Fsp3) is 0.524. The SMILES string of the molecule is CCOC(=O)OC1=C(c2cc(C)ccc2C)C(=O)CC12CCN(OC)CC2. The number of carbonyl (C=O) groups is 2. The first-order chi connectivity index (χ1) is 12.9. The summed E-state index contributed by atoms with van der Waals surface area (Å²) in [6.07, 6.45) is 0.978. The molecule has 0 unspecified atom stereocenters. The van der Waals surface area contributed by atoms with E-state index >= 15 is 0 Å². The van der Waals surface area contributed by atoms with Crippen LogP contribution in [0, 0.1) is 19.3 Å². The third-order valence-electron chi connectivity index (χ3n) is 5.53. The number of aryl methyl sites for hydroxylation is 2. The van der Waals surface area contributed by atoms with Crippen LogP contribution < -0.4 is 0 Å². The molecule has 0 radical (unpaired) electrons. The van der Waals surface area contributed by atoms with Gasteiger partial charge in [0, 0.05) is 24.9 Å². The Morgan fingerprint density at radius 3 is 2.56 bits per heavy atom. The predicted octanol–water partition coefficient (Wildman–Crippen LogP) is 3.80. The van der Waals surface area contributed by atoms with Crippen LogP contribution in [0.2, 0.25) is 0 Å². The van der Waals surface area contributed by atoms with Crippen LogP contribution in [0.5, 0.6) is 0 Å². The van der Waals surface area contributed by atoms with Gasteiger partial charge in [-0.05, 0) is 44.7 Å². The molecule has 1 aliphatic carbocycles. The molecule has 1 spiro atoms. The van der Waals surface area contributed by atoms with Crippen molar-refractivity contribution in [2.45, 2.75) is 40.0 Å². The van der Waals surface area contributed by atoms with Crippen LogP contribution >= 0.6 is 0 Å². The van der Waals surface area contributed by atoms with Crippen LogP contribution in [0.1, 0.15) is 42.9 Å². The maximum atomic E-state index is 13.1. The molecule has 146 valence electrons. The predicted molar refractivity (Wildman–Crippen MR) is 101 cm³/mol. The van der Waals surface area contributed by atoms with Crippen LogP contribution in [0.3, 0.4) is 0 Å². The highest BCUT2D eigenvalue weighted by molar-refractivity contribution is 6.24. The number of ether oxygens (including phenoxy) is 2. The summed E-state index contributed by atoms with van der Waals surface area (Å²) in [7, 11) is 1.64. The Bertz CT molecular complexity index is 775. The third kappa shape index (κ3) is 3.77. The average molecular weight is 373 g/mol. The third-order valence-corrected chi connectivity index (χ3v) is 5.53. The second-order valence-corrected chi connectivity index (χ2v) is 7.30. The number of Topliss-reactive ketones (excluding diaryl/α,β-unsaturated/α-hetero) is 1. The quantitative estimate of drug-likeness (QED) is 0.748. The summed E-state index contributed by atoms with van der Waals surface area (Å²) in [6, 6.07) is 5.99. The van der Waals surface area contributed by atoms with E-state index in [2.05, 4.69) is 0 Å². The normalized spacial score (nSPS) is 19.6. The number of rotatable bonds is 4. The van der Waals surface area contributed by atoms with Gasteiger partial charge < -0.3 is 14.3 Å². The van der Waals surface area contributed by atoms with Crippen LogP contribution in [0.4, 0.5) is 4.79 Å². The molecule has 27 heavy (non-hydrogen) atoms. The van der Waals surface area contributed by atoms with Crippen LogP contribution in [0.25, 0.3) is 5.57 Å². The van der Waals surface area contributed by atoms with Crippen LogP contribution in [-0.2, 0) is 19.1 Å². The molecule has 1 aromatic carbocycles. The fourth-order valence-corrected chi connectivity index (χ4v) is 4.04. The minimum absolute atomic E-state index is 0.0221. The molecule has 0 aromatic heterocycles. The van der Waals surface area contributed by atoms with Crippen molar-refractivity contribution >= 4 is 17.5 Å². The molecule has 1 aromatic rings. The maximum absolute atomic E-state index is 13.1. The summed E-state index contributed by atoms with van der Waals surface area (Å²) in [4.78, 5) is 30.6. The maximum Gasteiger partial charge on any atom is 0.513 e. The molecule has 0 N–H and O–H groups in total. The number of nitrogens with zero attached hydrogens (tertiary/aromatic N) is 1. The van der Waals surface area contributed by atoms with Crippen LogP contribution in [0.15, 0.2) is 24.0 Å². The highest BCUT2D eigenvalue weighted by Crippen LogP contribution is 2.52. The lowest BCUT2D eigenvalue weighted by molar-refractivity contribution is -0.158. The first kappa shape index (κ1) is 19.6. The lowest BCUT2D eigenvalue weighted by atomic mass is 9.77. The number of carbonyl (C=O) groups excluding carboxylic acids is 2. The van der Waals surface area contributed by atoms with E-state index in [0.717, 1.165) is 16.7 Å². The van der Waals surface area contributed by atoms with Gasteiger partial charge in [0.1, 0.15) is 5.76 Å². The molecule has 0 bridgehead atoms. The van der Waals surface area contributed by atoms with Crippen molar-refractivity contribution in [2.24, 2.45) is 5.41 Å². The molecule has 0 atom stereocenters. The number of benzene rings is 1. The second-order valence-electron chi connectivity index (χ2n) is 7.30. The summed E-state index contributed by atoms with van der Waals surface area (Å²) in [6.45, 7) is 7.27. The number of ketones is 1. The molecule has 1 saturated heterocycles. The first-order valence-corrected chi connectivity index (χ1v) is 9.39. The van der Waals surface area contributed by atoms with E-state index in [-0.39, 0.29) is 12.4 Å². The molecule has 6 nitrogen and oxygen atoms in total. The second kappa shape index (κ2) is 7.82.